The fraction of sp³-hybridized carbons (Fsp3) is 0.385. The average Bonchev–Trinajstić information content (AvgIpc) is 2.79. The van der Waals surface area contributed by atoms with Crippen molar-refractivity contribution < 1.29 is 19.1 Å². The number of benzene rings is 2. The Morgan fingerprint density at radius 2 is 1.84 bits per heavy atom. The molecule has 0 bridgehead atoms. The zero-order chi connectivity index (χ0) is 22.2. The van der Waals surface area contributed by atoms with Gasteiger partial charge in [-0.25, -0.2) is 4.79 Å². The molecule has 0 saturated heterocycles. The number of ether oxygens (including phenoxy) is 2. The Labute approximate surface area is 184 Å². The summed E-state index contributed by atoms with van der Waals surface area (Å²) in [5, 5.41) is 3.05. The van der Waals surface area contributed by atoms with Gasteiger partial charge in [0.25, 0.3) is 5.91 Å². The number of nitrogens with one attached hydrogen (secondary N) is 1. The molecule has 1 aliphatic rings. The zero-order valence-electron chi connectivity index (χ0n) is 18.5. The molecule has 3 atom stereocenters. The van der Waals surface area contributed by atoms with Crippen molar-refractivity contribution in [2.45, 2.75) is 39.2 Å². The summed E-state index contributed by atoms with van der Waals surface area (Å²) in [6.45, 7) is 4.10. The van der Waals surface area contributed by atoms with Crippen LogP contribution in [-0.2, 0) is 14.3 Å². The highest BCUT2D eigenvalue weighted by Crippen LogP contribution is 2.29. The Morgan fingerprint density at radius 1 is 1.06 bits per heavy atom. The minimum absolute atomic E-state index is 0.135. The predicted octanol–water partition coefficient (Wildman–Crippen LogP) is 4.72. The fourth-order valence-electron chi connectivity index (χ4n) is 4.02. The Bertz CT molecular complexity index is 922. The summed E-state index contributed by atoms with van der Waals surface area (Å²) in [4.78, 5) is 25.4. The highest BCUT2D eigenvalue weighted by atomic mass is 16.5. The monoisotopic (exact) mass is 421 g/mol. The fourth-order valence-corrected chi connectivity index (χ4v) is 4.02. The number of carbonyl (C=O) groups is 2. The summed E-state index contributed by atoms with van der Waals surface area (Å²) in [7, 11) is 1.60. The highest BCUT2D eigenvalue weighted by Gasteiger charge is 2.28. The van der Waals surface area contributed by atoms with E-state index in [9.17, 15) is 9.59 Å². The molecule has 0 unspecified atom stereocenters. The SMILES string of the molecule is COc1cccc(/C=C(/C(=O)OCC(=O)N[C@H]2CCC[C@H](C)[C@@H]2C)c2ccccc2)c1. The second-order valence-electron chi connectivity index (χ2n) is 8.22. The van der Waals surface area contributed by atoms with Gasteiger partial charge in [-0.05, 0) is 47.6 Å². The molecular formula is C26H31NO4. The number of amides is 1. The third-order valence-electron chi connectivity index (χ3n) is 6.10. The largest absolute Gasteiger partial charge is 0.497 e. The van der Waals surface area contributed by atoms with E-state index >= 15 is 0 Å². The molecule has 0 aliphatic heterocycles. The van der Waals surface area contributed by atoms with Crippen LogP contribution in [0.25, 0.3) is 11.6 Å². The molecule has 2 aromatic rings. The molecule has 1 fully saturated rings. The number of esters is 1. The minimum Gasteiger partial charge on any atom is -0.497 e. The summed E-state index contributed by atoms with van der Waals surface area (Å²) in [6, 6.07) is 16.9. The van der Waals surface area contributed by atoms with Crippen LogP contribution >= 0.6 is 0 Å². The van der Waals surface area contributed by atoms with Crippen LogP contribution in [0.3, 0.4) is 0 Å². The summed E-state index contributed by atoms with van der Waals surface area (Å²) >= 11 is 0. The van der Waals surface area contributed by atoms with Crippen LogP contribution in [0.2, 0.25) is 0 Å². The average molecular weight is 422 g/mol. The first-order valence-corrected chi connectivity index (χ1v) is 10.9. The van der Waals surface area contributed by atoms with E-state index in [0.29, 0.717) is 23.2 Å². The van der Waals surface area contributed by atoms with Gasteiger partial charge in [0.15, 0.2) is 6.61 Å². The molecule has 1 aliphatic carbocycles. The lowest BCUT2D eigenvalue weighted by Crippen LogP contribution is -2.45. The van der Waals surface area contributed by atoms with E-state index in [-0.39, 0.29) is 18.6 Å². The van der Waals surface area contributed by atoms with Gasteiger partial charge in [0.1, 0.15) is 5.75 Å². The number of methoxy groups -OCH3 is 1. The number of hydrogen-bond acceptors (Lipinski definition) is 4. The van der Waals surface area contributed by atoms with E-state index in [4.69, 9.17) is 9.47 Å². The summed E-state index contributed by atoms with van der Waals surface area (Å²) in [5.74, 6) is 0.908. The topological polar surface area (TPSA) is 64.6 Å². The van der Waals surface area contributed by atoms with Crippen LogP contribution in [0.4, 0.5) is 0 Å². The molecule has 2 aromatic carbocycles. The second-order valence-corrected chi connectivity index (χ2v) is 8.22. The quantitative estimate of drug-likeness (QED) is 0.399. The molecule has 0 spiro atoms. The van der Waals surface area contributed by atoms with E-state index in [2.05, 4.69) is 19.2 Å². The molecule has 5 heteroatoms. The van der Waals surface area contributed by atoms with Gasteiger partial charge in [0, 0.05) is 6.04 Å². The van der Waals surface area contributed by atoms with Gasteiger partial charge in [-0.3, -0.25) is 4.79 Å². The Kier molecular flexibility index (Phi) is 7.88. The van der Waals surface area contributed by atoms with Crippen molar-refractivity contribution in [2.75, 3.05) is 13.7 Å². The van der Waals surface area contributed by atoms with E-state index in [1.54, 1.807) is 13.2 Å². The maximum atomic E-state index is 12.9. The lowest BCUT2D eigenvalue weighted by atomic mass is 9.78. The third kappa shape index (κ3) is 6.20. The summed E-state index contributed by atoms with van der Waals surface area (Å²) in [6.07, 6.45) is 5.02. The van der Waals surface area contributed by atoms with Crippen LogP contribution in [-0.4, -0.2) is 31.6 Å². The Balaban J connectivity index is 1.70. The summed E-state index contributed by atoms with van der Waals surface area (Å²) in [5.41, 5.74) is 1.93. The van der Waals surface area contributed by atoms with Crippen LogP contribution < -0.4 is 10.1 Å². The van der Waals surface area contributed by atoms with Crippen molar-refractivity contribution in [2.24, 2.45) is 11.8 Å². The van der Waals surface area contributed by atoms with E-state index in [1.165, 1.54) is 6.42 Å². The first-order valence-electron chi connectivity index (χ1n) is 10.9. The maximum Gasteiger partial charge on any atom is 0.339 e. The van der Waals surface area contributed by atoms with E-state index in [0.717, 1.165) is 24.0 Å². The molecule has 164 valence electrons. The first kappa shape index (κ1) is 22.6. The second kappa shape index (κ2) is 10.8. The van der Waals surface area contributed by atoms with Gasteiger partial charge in [0.05, 0.1) is 12.7 Å². The van der Waals surface area contributed by atoms with Gasteiger partial charge < -0.3 is 14.8 Å². The van der Waals surface area contributed by atoms with E-state index in [1.807, 2.05) is 54.6 Å². The lowest BCUT2D eigenvalue weighted by molar-refractivity contribution is -0.143. The molecule has 1 amide bonds. The van der Waals surface area contributed by atoms with Crippen molar-refractivity contribution in [3.05, 3.63) is 65.7 Å². The Hall–Kier alpha value is -3.08. The van der Waals surface area contributed by atoms with Crippen molar-refractivity contribution in [1.82, 2.24) is 5.32 Å². The van der Waals surface area contributed by atoms with Crippen LogP contribution in [0.15, 0.2) is 54.6 Å². The minimum atomic E-state index is -0.533. The van der Waals surface area contributed by atoms with Gasteiger partial charge in [-0.15, -0.1) is 0 Å². The molecular weight excluding hydrogens is 390 g/mol. The Morgan fingerprint density at radius 3 is 2.58 bits per heavy atom. The molecule has 0 radical (unpaired) electrons. The molecule has 3 rings (SSSR count). The predicted molar refractivity (Wildman–Crippen MR) is 122 cm³/mol. The van der Waals surface area contributed by atoms with Crippen molar-refractivity contribution in [3.8, 4) is 5.75 Å². The number of rotatable bonds is 7. The number of hydrogen-bond donors (Lipinski definition) is 1. The first-order chi connectivity index (χ1) is 15.0. The van der Waals surface area contributed by atoms with Crippen molar-refractivity contribution >= 4 is 23.5 Å². The lowest BCUT2D eigenvalue weighted by Gasteiger charge is -2.34. The molecule has 1 saturated carbocycles. The highest BCUT2D eigenvalue weighted by molar-refractivity contribution is 6.21. The number of carbonyl (C=O) groups excluding carboxylic acids is 2. The summed E-state index contributed by atoms with van der Waals surface area (Å²) < 4.78 is 10.7. The molecule has 1 N–H and O–H groups in total. The van der Waals surface area contributed by atoms with Gasteiger partial charge in [-0.1, -0.05) is 69.2 Å². The molecule has 0 heterocycles. The maximum absolute atomic E-state index is 12.9. The van der Waals surface area contributed by atoms with E-state index < -0.39 is 5.97 Å². The molecule has 0 aromatic heterocycles. The van der Waals surface area contributed by atoms with Crippen LogP contribution in [0.5, 0.6) is 5.75 Å². The van der Waals surface area contributed by atoms with Crippen LogP contribution in [0.1, 0.15) is 44.2 Å². The van der Waals surface area contributed by atoms with Crippen molar-refractivity contribution in [1.29, 1.82) is 0 Å². The smallest absolute Gasteiger partial charge is 0.339 e. The normalized spacial score (nSPS) is 21.3. The molecule has 5 nitrogen and oxygen atoms in total. The molecule has 31 heavy (non-hydrogen) atoms. The van der Waals surface area contributed by atoms with Crippen LogP contribution in [0, 0.1) is 11.8 Å². The zero-order valence-corrected chi connectivity index (χ0v) is 18.5. The standard InChI is InChI=1S/C26H31NO4/c1-18-9-7-14-24(19(18)2)27-25(28)17-31-26(29)23(21-11-5-4-6-12-21)16-20-10-8-13-22(15-20)30-3/h4-6,8,10-13,15-16,18-19,24H,7,9,14,17H2,1-3H3,(H,27,28)/b23-16+/t18-,19-,24-/m0/s1. The van der Waals surface area contributed by atoms with Gasteiger partial charge in [0.2, 0.25) is 0 Å². The van der Waals surface area contributed by atoms with Gasteiger partial charge >= 0.3 is 5.97 Å². The third-order valence-corrected chi connectivity index (χ3v) is 6.10. The van der Waals surface area contributed by atoms with Crippen molar-refractivity contribution in [3.63, 3.8) is 0 Å². The van der Waals surface area contributed by atoms with Gasteiger partial charge in [-0.2, -0.15) is 0 Å².